The highest BCUT2D eigenvalue weighted by Gasteiger charge is 2.23. The Labute approximate surface area is 92.3 Å². The molecule has 0 aliphatic carbocycles. The summed E-state index contributed by atoms with van der Waals surface area (Å²) in [5.41, 5.74) is 5.81. The zero-order chi connectivity index (χ0) is 11.5. The molecule has 1 rings (SSSR count). The monoisotopic (exact) mass is 213 g/mol. The normalized spacial score (nSPS) is 24.1. The minimum atomic E-state index is -0.196. The van der Waals surface area contributed by atoms with E-state index >= 15 is 0 Å². The number of morpholine rings is 1. The highest BCUT2D eigenvalue weighted by molar-refractivity contribution is 5.82. The van der Waals surface area contributed by atoms with Crippen LogP contribution in [0.1, 0.15) is 27.2 Å². The maximum absolute atomic E-state index is 7.36. The molecule has 0 amide bonds. The van der Waals surface area contributed by atoms with Gasteiger partial charge in [0.05, 0.1) is 6.61 Å². The van der Waals surface area contributed by atoms with Gasteiger partial charge < -0.3 is 10.5 Å². The van der Waals surface area contributed by atoms with Crippen LogP contribution in [-0.2, 0) is 4.74 Å². The molecule has 4 heteroatoms. The van der Waals surface area contributed by atoms with E-state index in [2.05, 4.69) is 25.7 Å². The van der Waals surface area contributed by atoms with Gasteiger partial charge in [0.2, 0.25) is 0 Å². The molecule has 0 radical (unpaired) electrons. The molecule has 1 aliphatic heterocycles. The molecule has 1 atom stereocenters. The average molecular weight is 213 g/mol. The van der Waals surface area contributed by atoms with Crippen LogP contribution in [0.4, 0.5) is 0 Å². The highest BCUT2D eigenvalue weighted by Crippen LogP contribution is 2.19. The zero-order valence-corrected chi connectivity index (χ0v) is 10.0. The van der Waals surface area contributed by atoms with Crippen LogP contribution in [0.2, 0.25) is 0 Å². The van der Waals surface area contributed by atoms with Crippen LogP contribution < -0.4 is 5.73 Å². The Hall–Kier alpha value is -0.610. The second-order valence-electron chi connectivity index (χ2n) is 5.43. The van der Waals surface area contributed by atoms with E-state index in [1.54, 1.807) is 0 Å². The van der Waals surface area contributed by atoms with Crippen molar-refractivity contribution in [3.05, 3.63) is 0 Å². The number of nitrogens with zero attached hydrogens (tertiary/aromatic N) is 1. The van der Waals surface area contributed by atoms with Gasteiger partial charge in [-0.3, -0.25) is 10.3 Å². The molecule has 0 spiro atoms. The van der Waals surface area contributed by atoms with Crippen molar-refractivity contribution in [3.8, 4) is 0 Å². The number of hydrogen-bond donors (Lipinski definition) is 2. The Balaban J connectivity index is 2.34. The first kappa shape index (κ1) is 12.5. The van der Waals surface area contributed by atoms with Crippen molar-refractivity contribution in [1.82, 2.24) is 4.90 Å². The van der Waals surface area contributed by atoms with Crippen LogP contribution in [0.5, 0.6) is 0 Å². The topological polar surface area (TPSA) is 62.3 Å². The van der Waals surface area contributed by atoms with Crippen LogP contribution in [0.3, 0.4) is 0 Å². The summed E-state index contributed by atoms with van der Waals surface area (Å²) in [5.74, 6) is 0.149. The molecule has 15 heavy (non-hydrogen) atoms. The van der Waals surface area contributed by atoms with Crippen molar-refractivity contribution >= 4 is 5.84 Å². The van der Waals surface area contributed by atoms with Gasteiger partial charge in [-0.15, -0.1) is 0 Å². The van der Waals surface area contributed by atoms with E-state index in [4.69, 9.17) is 15.9 Å². The van der Waals surface area contributed by atoms with E-state index in [-0.39, 0.29) is 11.9 Å². The van der Waals surface area contributed by atoms with Crippen LogP contribution in [-0.4, -0.2) is 43.1 Å². The summed E-state index contributed by atoms with van der Waals surface area (Å²) in [4.78, 5) is 2.33. The number of hydrogen-bond acceptors (Lipinski definition) is 3. The predicted octanol–water partition coefficient (Wildman–Crippen LogP) is 1.06. The second kappa shape index (κ2) is 4.94. The Kier molecular flexibility index (Phi) is 4.11. The van der Waals surface area contributed by atoms with Gasteiger partial charge in [-0.05, 0) is 18.4 Å². The molecule has 0 aromatic rings. The summed E-state index contributed by atoms with van der Waals surface area (Å²) in [6, 6.07) is 0. The summed E-state index contributed by atoms with van der Waals surface area (Å²) in [5, 5.41) is 7.36. The van der Waals surface area contributed by atoms with Gasteiger partial charge >= 0.3 is 0 Å². The molecule has 88 valence electrons. The lowest BCUT2D eigenvalue weighted by Crippen LogP contribution is -2.48. The summed E-state index contributed by atoms with van der Waals surface area (Å²) in [6.07, 6.45) is 0.969. The van der Waals surface area contributed by atoms with Crippen molar-refractivity contribution in [2.75, 3.05) is 26.2 Å². The Bertz CT molecular complexity index is 222. The molecule has 0 saturated carbocycles. The number of ether oxygens (including phenoxy) is 1. The fraction of sp³-hybridized carbons (Fsp3) is 0.909. The summed E-state index contributed by atoms with van der Waals surface area (Å²) in [6.45, 7) is 10.2. The van der Waals surface area contributed by atoms with Gasteiger partial charge in [0.1, 0.15) is 11.9 Å². The SMILES string of the molecule is CC(C)(C)CCN1CCOC(C(=N)N)C1. The molecular formula is C11H23N3O. The lowest BCUT2D eigenvalue weighted by atomic mass is 9.92. The Morgan fingerprint density at radius 2 is 2.20 bits per heavy atom. The fourth-order valence-corrected chi connectivity index (χ4v) is 1.59. The first-order valence-corrected chi connectivity index (χ1v) is 5.56. The van der Waals surface area contributed by atoms with E-state index in [1.165, 1.54) is 0 Å². The van der Waals surface area contributed by atoms with E-state index in [1.807, 2.05) is 0 Å². The molecular weight excluding hydrogens is 190 g/mol. The molecule has 4 nitrogen and oxygen atoms in total. The summed E-state index contributed by atoms with van der Waals surface area (Å²) in [7, 11) is 0. The molecule has 0 aromatic heterocycles. The van der Waals surface area contributed by atoms with Gasteiger partial charge in [0.25, 0.3) is 0 Å². The molecule has 1 aliphatic rings. The highest BCUT2D eigenvalue weighted by atomic mass is 16.5. The Morgan fingerprint density at radius 3 is 2.73 bits per heavy atom. The third-order valence-electron chi connectivity index (χ3n) is 2.68. The average Bonchev–Trinajstić information content (AvgIpc) is 2.14. The zero-order valence-electron chi connectivity index (χ0n) is 10.0. The molecule has 1 saturated heterocycles. The molecule has 1 fully saturated rings. The number of rotatable bonds is 3. The van der Waals surface area contributed by atoms with Crippen LogP contribution in [0.15, 0.2) is 0 Å². The van der Waals surface area contributed by atoms with E-state index < -0.39 is 0 Å². The quantitative estimate of drug-likeness (QED) is 0.544. The van der Waals surface area contributed by atoms with Crippen molar-refractivity contribution in [3.63, 3.8) is 0 Å². The molecule has 1 heterocycles. The van der Waals surface area contributed by atoms with Crippen molar-refractivity contribution in [1.29, 1.82) is 5.41 Å². The number of nitrogens with two attached hydrogens (primary N) is 1. The van der Waals surface area contributed by atoms with Crippen molar-refractivity contribution in [2.24, 2.45) is 11.1 Å². The first-order chi connectivity index (χ1) is 6.88. The molecule has 3 N–H and O–H groups in total. The van der Waals surface area contributed by atoms with Crippen molar-refractivity contribution in [2.45, 2.75) is 33.3 Å². The lowest BCUT2D eigenvalue weighted by molar-refractivity contribution is 0.00227. The van der Waals surface area contributed by atoms with Crippen LogP contribution in [0.25, 0.3) is 0 Å². The maximum atomic E-state index is 7.36. The van der Waals surface area contributed by atoms with E-state index in [9.17, 15) is 0 Å². The minimum absolute atomic E-state index is 0.149. The minimum Gasteiger partial charge on any atom is -0.385 e. The first-order valence-electron chi connectivity index (χ1n) is 5.56. The summed E-state index contributed by atoms with van der Waals surface area (Å²) >= 11 is 0. The van der Waals surface area contributed by atoms with Crippen molar-refractivity contribution < 1.29 is 4.74 Å². The standard InChI is InChI=1S/C11H23N3O/c1-11(2,3)4-5-14-6-7-15-9(8-14)10(12)13/h9H,4-8H2,1-3H3,(H3,12,13). The van der Waals surface area contributed by atoms with Gasteiger partial charge in [0, 0.05) is 13.1 Å². The van der Waals surface area contributed by atoms with E-state index in [0.29, 0.717) is 12.0 Å². The molecule has 0 aromatic carbocycles. The number of amidine groups is 1. The third-order valence-corrected chi connectivity index (χ3v) is 2.68. The van der Waals surface area contributed by atoms with Gasteiger partial charge in [-0.1, -0.05) is 20.8 Å². The third kappa shape index (κ3) is 4.62. The predicted molar refractivity (Wildman–Crippen MR) is 62.2 cm³/mol. The summed E-state index contributed by atoms with van der Waals surface area (Å²) < 4.78 is 5.41. The fourth-order valence-electron chi connectivity index (χ4n) is 1.59. The van der Waals surface area contributed by atoms with Gasteiger partial charge in [-0.2, -0.15) is 0 Å². The second-order valence-corrected chi connectivity index (χ2v) is 5.43. The van der Waals surface area contributed by atoms with Gasteiger partial charge in [-0.25, -0.2) is 0 Å². The number of nitrogens with one attached hydrogen (secondary N) is 1. The van der Waals surface area contributed by atoms with Gasteiger partial charge in [0.15, 0.2) is 0 Å². The smallest absolute Gasteiger partial charge is 0.127 e. The maximum Gasteiger partial charge on any atom is 0.127 e. The molecule has 1 unspecified atom stereocenters. The molecule has 0 bridgehead atoms. The Morgan fingerprint density at radius 1 is 1.53 bits per heavy atom. The largest absolute Gasteiger partial charge is 0.385 e. The lowest BCUT2D eigenvalue weighted by Gasteiger charge is -2.33. The van der Waals surface area contributed by atoms with Crippen LogP contribution >= 0.6 is 0 Å². The van der Waals surface area contributed by atoms with Crippen LogP contribution in [0, 0.1) is 10.8 Å². The van der Waals surface area contributed by atoms with E-state index in [0.717, 1.165) is 26.1 Å².